The Morgan fingerprint density at radius 2 is 1.83 bits per heavy atom. The molecule has 2 heteroatoms. The molecular formula is C16H19NO. The molecule has 0 N–H and O–H groups in total. The third-order valence-electron chi connectivity index (χ3n) is 4.21. The molecule has 0 unspecified atom stereocenters. The highest BCUT2D eigenvalue weighted by molar-refractivity contribution is 5.97. The number of carbonyl (C=O) groups excluding carboxylic acids is 1. The molecule has 1 aromatic carbocycles. The molecule has 0 fully saturated rings. The SMILES string of the molecule is C[C@@H](c1ccccc1)N1CC2=C(CCCC2)C1=O. The van der Waals surface area contributed by atoms with Crippen molar-refractivity contribution in [3.63, 3.8) is 0 Å². The zero-order valence-electron chi connectivity index (χ0n) is 10.9. The molecule has 0 spiro atoms. The first-order chi connectivity index (χ1) is 8.77. The van der Waals surface area contributed by atoms with Gasteiger partial charge in [-0.3, -0.25) is 4.79 Å². The first-order valence-electron chi connectivity index (χ1n) is 6.84. The van der Waals surface area contributed by atoms with E-state index in [9.17, 15) is 4.79 Å². The second-order valence-corrected chi connectivity index (χ2v) is 5.31. The zero-order valence-corrected chi connectivity index (χ0v) is 10.9. The molecule has 2 aliphatic rings. The number of amides is 1. The maximum absolute atomic E-state index is 12.4. The molecule has 1 heterocycles. The lowest BCUT2D eigenvalue weighted by Crippen LogP contribution is -2.30. The average molecular weight is 241 g/mol. The summed E-state index contributed by atoms with van der Waals surface area (Å²) in [6.07, 6.45) is 4.54. The maximum Gasteiger partial charge on any atom is 0.250 e. The van der Waals surface area contributed by atoms with Crippen LogP contribution < -0.4 is 0 Å². The molecule has 1 aromatic rings. The smallest absolute Gasteiger partial charge is 0.250 e. The average Bonchev–Trinajstić information content (AvgIpc) is 2.77. The van der Waals surface area contributed by atoms with Gasteiger partial charge in [-0.05, 0) is 43.7 Å². The minimum Gasteiger partial charge on any atom is -0.328 e. The van der Waals surface area contributed by atoms with Crippen molar-refractivity contribution in [3.8, 4) is 0 Å². The molecule has 18 heavy (non-hydrogen) atoms. The van der Waals surface area contributed by atoms with E-state index in [0.29, 0.717) is 0 Å². The summed E-state index contributed by atoms with van der Waals surface area (Å²) in [5, 5.41) is 0. The molecule has 2 nitrogen and oxygen atoms in total. The van der Waals surface area contributed by atoms with Crippen LogP contribution in [0.1, 0.15) is 44.2 Å². The van der Waals surface area contributed by atoms with Gasteiger partial charge in [0.1, 0.15) is 0 Å². The normalized spacial score (nSPS) is 21.2. The Kier molecular flexibility index (Phi) is 2.94. The highest BCUT2D eigenvalue weighted by Crippen LogP contribution is 2.35. The Morgan fingerprint density at radius 3 is 2.56 bits per heavy atom. The van der Waals surface area contributed by atoms with Crippen LogP contribution >= 0.6 is 0 Å². The fraction of sp³-hybridized carbons (Fsp3) is 0.438. The van der Waals surface area contributed by atoms with E-state index in [1.54, 1.807) is 0 Å². The van der Waals surface area contributed by atoms with Gasteiger partial charge < -0.3 is 4.90 Å². The van der Waals surface area contributed by atoms with Crippen molar-refractivity contribution in [1.82, 2.24) is 4.90 Å². The van der Waals surface area contributed by atoms with Gasteiger partial charge in [0, 0.05) is 12.1 Å². The van der Waals surface area contributed by atoms with E-state index in [-0.39, 0.29) is 11.9 Å². The van der Waals surface area contributed by atoms with Crippen molar-refractivity contribution in [1.29, 1.82) is 0 Å². The molecule has 0 saturated heterocycles. The monoisotopic (exact) mass is 241 g/mol. The van der Waals surface area contributed by atoms with Gasteiger partial charge in [0.05, 0.1) is 6.04 Å². The Balaban J connectivity index is 1.82. The van der Waals surface area contributed by atoms with Crippen molar-refractivity contribution >= 4 is 5.91 Å². The van der Waals surface area contributed by atoms with Crippen molar-refractivity contribution in [2.45, 2.75) is 38.6 Å². The Bertz CT molecular complexity index is 489. The molecule has 0 bridgehead atoms. The highest BCUT2D eigenvalue weighted by atomic mass is 16.2. The van der Waals surface area contributed by atoms with Crippen LogP contribution in [0.4, 0.5) is 0 Å². The van der Waals surface area contributed by atoms with Crippen LogP contribution in [0.5, 0.6) is 0 Å². The second kappa shape index (κ2) is 4.60. The first-order valence-corrected chi connectivity index (χ1v) is 6.84. The van der Waals surface area contributed by atoms with Gasteiger partial charge in [-0.25, -0.2) is 0 Å². The van der Waals surface area contributed by atoms with Gasteiger partial charge in [-0.1, -0.05) is 30.3 Å². The minimum atomic E-state index is 0.185. The van der Waals surface area contributed by atoms with Crippen molar-refractivity contribution in [3.05, 3.63) is 47.0 Å². The van der Waals surface area contributed by atoms with Crippen LogP contribution in [0, 0.1) is 0 Å². The third-order valence-corrected chi connectivity index (χ3v) is 4.21. The minimum absolute atomic E-state index is 0.185. The summed E-state index contributed by atoms with van der Waals surface area (Å²) in [5.74, 6) is 0.279. The Labute approximate surface area is 108 Å². The standard InChI is InChI=1S/C16H19NO/c1-12(13-7-3-2-4-8-13)17-11-14-9-5-6-10-15(14)16(17)18/h2-4,7-8,12H,5-6,9-11H2,1H3/t12-/m0/s1. The molecule has 0 radical (unpaired) electrons. The second-order valence-electron chi connectivity index (χ2n) is 5.31. The molecule has 1 aliphatic carbocycles. The predicted octanol–water partition coefficient (Wildman–Crippen LogP) is 3.46. The van der Waals surface area contributed by atoms with E-state index < -0.39 is 0 Å². The lowest BCUT2D eigenvalue weighted by molar-refractivity contribution is -0.127. The first kappa shape index (κ1) is 11.5. The largest absolute Gasteiger partial charge is 0.328 e. The van der Waals surface area contributed by atoms with Gasteiger partial charge in [0.25, 0.3) is 5.91 Å². The van der Waals surface area contributed by atoms with Crippen LogP contribution in [0.2, 0.25) is 0 Å². The van der Waals surface area contributed by atoms with Crippen LogP contribution in [0.25, 0.3) is 0 Å². The number of benzene rings is 1. The van der Waals surface area contributed by atoms with Gasteiger partial charge in [-0.2, -0.15) is 0 Å². The maximum atomic E-state index is 12.4. The summed E-state index contributed by atoms with van der Waals surface area (Å²) in [4.78, 5) is 14.5. The van der Waals surface area contributed by atoms with Gasteiger partial charge in [0.15, 0.2) is 0 Å². The summed E-state index contributed by atoms with van der Waals surface area (Å²) in [6.45, 7) is 2.98. The van der Waals surface area contributed by atoms with E-state index in [1.807, 2.05) is 23.1 Å². The van der Waals surface area contributed by atoms with E-state index >= 15 is 0 Å². The number of nitrogens with zero attached hydrogens (tertiary/aromatic N) is 1. The Hall–Kier alpha value is -1.57. The molecule has 1 aliphatic heterocycles. The fourth-order valence-electron chi connectivity index (χ4n) is 3.08. The number of carbonyl (C=O) groups is 1. The molecule has 1 amide bonds. The topological polar surface area (TPSA) is 20.3 Å². The summed E-state index contributed by atoms with van der Waals surface area (Å²) >= 11 is 0. The summed E-state index contributed by atoms with van der Waals surface area (Å²) < 4.78 is 0. The molecule has 0 saturated carbocycles. The van der Waals surface area contributed by atoms with E-state index in [4.69, 9.17) is 0 Å². The van der Waals surface area contributed by atoms with Crippen molar-refractivity contribution in [2.75, 3.05) is 6.54 Å². The van der Waals surface area contributed by atoms with Crippen molar-refractivity contribution in [2.24, 2.45) is 0 Å². The molecule has 1 atom stereocenters. The number of hydrogen-bond acceptors (Lipinski definition) is 1. The van der Waals surface area contributed by atoms with E-state index in [0.717, 1.165) is 25.0 Å². The molecule has 3 rings (SSSR count). The van der Waals surface area contributed by atoms with E-state index in [2.05, 4.69) is 19.1 Å². The van der Waals surface area contributed by atoms with Crippen LogP contribution in [-0.4, -0.2) is 17.4 Å². The lowest BCUT2D eigenvalue weighted by Gasteiger charge is -2.25. The molecule has 0 aromatic heterocycles. The van der Waals surface area contributed by atoms with Gasteiger partial charge >= 0.3 is 0 Å². The van der Waals surface area contributed by atoms with Gasteiger partial charge in [-0.15, -0.1) is 0 Å². The lowest BCUT2D eigenvalue weighted by atomic mass is 9.94. The summed E-state index contributed by atoms with van der Waals surface area (Å²) in [6, 6.07) is 10.5. The molecule has 94 valence electrons. The van der Waals surface area contributed by atoms with Crippen molar-refractivity contribution < 1.29 is 4.79 Å². The summed E-state index contributed by atoms with van der Waals surface area (Å²) in [7, 11) is 0. The zero-order chi connectivity index (χ0) is 12.5. The number of rotatable bonds is 2. The molecular weight excluding hydrogens is 222 g/mol. The quantitative estimate of drug-likeness (QED) is 0.776. The Morgan fingerprint density at radius 1 is 1.11 bits per heavy atom. The van der Waals surface area contributed by atoms with Crippen LogP contribution in [0.3, 0.4) is 0 Å². The van der Waals surface area contributed by atoms with Gasteiger partial charge in [0.2, 0.25) is 0 Å². The predicted molar refractivity (Wildman–Crippen MR) is 72.1 cm³/mol. The van der Waals surface area contributed by atoms with E-state index in [1.165, 1.54) is 24.0 Å². The van der Waals surface area contributed by atoms with Crippen LogP contribution in [-0.2, 0) is 4.79 Å². The summed E-state index contributed by atoms with van der Waals surface area (Å²) in [5.41, 5.74) is 3.74. The van der Waals surface area contributed by atoms with Crippen LogP contribution in [0.15, 0.2) is 41.5 Å². The third kappa shape index (κ3) is 1.86. The highest BCUT2D eigenvalue weighted by Gasteiger charge is 2.34. The fourth-order valence-corrected chi connectivity index (χ4v) is 3.08. The number of hydrogen-bond donors (Lipinski definition) is 0.